The lowest BCUT2D eigenvalue weighted by Gasteiger charge is -2.47. The van der Waals surface area contributed by atoms with Crippen LogP contribution in [-0.4, -0.2) is 67.4 Å². The summed E-state index contributed by atoms with van der Waals surface area (Å²) in [5.74, 6) is -0.252. The van der Waals surface area contributed by atoms with Crippen molar-refractivity contribution in [3.63, 3.8) is 0 Å². The summed E-state index contributed by atoms with van der Waals surface area (Å²) in [6, 6.07) is 31.9. The largest absolute Gasteiger partial charge is 0.413 e. The molecule has 3 aromatic carbocycles. The maximum Gasteiger partial charge on any atom is 0.192 e. The van der Waals surface area contributed by atoms with E-state index in [9.17, 15) is 5.11 Å². The Balaban J connectivity index is 2.17. The van der Waals surface area contributed by atoms with Crippen molar-refractivity contribution in [2.75, 3.05) is 13.2 Å². The average molecular weight is 1150 g/mol. The number of ether oxygens (including phenoxy) is 1. The van der Waals surface area contributed by atoms with Crippen LogP contribution in [0.1, 0.15) is 145 Å². The normalized spacial score (nSPS) is 16.9. The lowest BCUT2D eigenvalue weighted by atomic mass is 9.70. The van der Waals surface area contributed by atoms with Gasteiger partial charge in [0.2, 0.25) is 0 Å². The monoisotopic (exact) mass is 1150 g/mol. The predicted molar refractivity (Wildman–Crippen MR) is 324 cm³/mol. The predicted octanol–water partition coefficient (Wildman–Crippen LogP) is 17.8. The molecule has 10 heteroatoms. The standard InChI is InChI=1S/C62H99IO6Si3/c1-21-43-61(14,55(42-44-64)68-71(17,18)59(8,9)10)57(65)49(4)56(69-72(19,20)60(11,12)13)47(2)32-31-33-50(40-41-54(48(3)45-63)67-70(15,16)58(5,6)7)46-66-62(51-34-25-22-26-35-51,52-36-27-23-28-37-52)53-38-29-24-30-39-53/h21-30,34-40,45,47,49,54-56,64H,1,31-33,41-44,46H2,2-20H3/b48-45+,50-40+/t47-,49+,54-,55-,56-,61+/m0/s1. The van der Waals surface area contributed by atoms with Gasteiger partial charge in [-0.2, -0.15) is 0 Å². The van der Waals surface area contributed by atoms with Gasteiger partial charge in [-0.1, -0.05) is 202 Å². The van der Waals surface area contributed by atoms with Crippen molar-refractivity contribution in [3.8, 4) is 0 Å². The lowest BCUT2D eigenvalue weighted by molar-refractivity contribution is -0.142. The third-order valence-corrected chi connectivity index (χ3v) is 31.3. The molecule has 0 aliphatic carbocycles. The summed E-state index contributed by atoms with van der Waals surface area (Å²) < 4.78 is 31.5. The summed E-state index contributed by atoms with van der Waals surface area (Å²) in [5.41, 5.74) is 3.88. The summed E-state index contributed by atoms with van der Waals surface area (Å²) in [4.78, 5) is 15.5. The Morgan fingerprint density at radius 2 is 1.11 bits per heavy atom. The van der Waals surface area contributed by atoms with E-state index in [0.29, 0.717) is 19.4 Å². The highest BCUT2D eigenvalue weighted by molar-refractivity contribution is 14.1. The van der Waals surface area contributed by atoms with Crippen molar-refractivity contribution in [1.29, 1.82) is 0 Å². The molecular weight excluding hydrogens is 1050 g/mol. The molecule has 0 amide bonds. The van der Waals surface area contributed by atoms with Gasteiger partial charge in [-0.15, -0.1) is 6.58 Å². The molecule has 6 atom stereocenters. The van der Waals surface area contributed by atoms with Crippen LogP contribution in [0.15, 0.2) is 125 Å². The highest BCUT2D eigenvalue weighted by Gasteiger charge is 2.51. The van der Waals surface area contributed by atoms with Crippen molar-refractivity contribution < 1.29 is 27.9 Å². The number of aliphatic hydroxyl groups excluding tert-OH is 1. The van der Waals surface area contributed by atoms with Gasteiger partial charge in [0, 0.05) is 12.5 Å². The van der Waals surface area contributed by atoms with Crippen LogP contribution < -0.4 is 0 Å². The van der Waals surface area contributed by atoms with Crippen LogP contribution in [0.4, 0.5) is 0 Å². The molecule has 3 aromatic rings. The van der Waals surface area contributed by atoms with Crippen LogP contribution in [0.3, 0.4) is 0 Å². The van der Waals surface area contributed by atoms with E-state index in [2.05, 4.69) is 253 Å². The van der Waals surface area contributed by atoms with Gasteiger partial charge in [0.15, 0.2) is 25.0 Å². The maximum absolute atomic E-state index is 15.5. The molecule has 0 aliphatic heterocycles. The zero-order valence-corrected chi connectivity index (χ0v) is 53.7. The average Bonchev–Trinajstić information content (AvgIpc) is 3.30. The molecule has 0 saturated heterocycles. The van der Waals surface area contributed by atoms with E-state index in [1.807, 2.05) is 13.0 Å². The first kappa shape index (κ1) is 64.0. The summed E-state index contributed by atoms with van der Waals surface area (Å²) in [5, 5.41) is 10.4. The van der Waals surface area contributed by atoms with E-state index in [-0.39, 0.29) is 45.6 Å². The minimum atomic E-state index is -2.37. The Hall–Kier alpha value is -2.27. The first-order chi connectivity index (χ1) is 33.3. The van der Waals surface area contributed by atoms with E-state index in [1.165, 1.54) is 11.1 Å². The number of carbonyl (C=O) groups excluding carboxylic acids is 1. The van der Waals surface area contributed by atoms with Gasteiger partial charge in [-0.05, 0) is 145 Å². The van der Waals surface area contributed by atoms with Gasteiger partial charge in [-0.25, -0.2) is 0 Å². The summed E-state index contributed by atoms with van der Waals surface area (Å²) >= 11 is 2.36. The van der Waals surface area contributed by atoms with Crippen molar-refractivity contribution in [2.24, 2.45) is 17.3 Å². The SMILES string of the molecule is C=CC[C@@](C)(C(=O)[C@H](C)[C@@H](O[Si](C)(C)C(C)(C)C)[C@@H](C)CCC/C(=C\C[C@H](O[Si](C)(C)C(C)(C)C)/C(C)=C/I)COC(c1ccccc1)(c1ccccc1)c1ccccc1)[C@H](CCO)O[Si](C)(C)C(C)(C)C. The number of benzene rings is 3. The zero-order valence-electron chi connectivity index (χ0n) is 48.5. The molecule has 0 aromatic heterocycles. The van der Waals surface area contributed by atoms with Gasteiger partial charge in [0.1, 0.15) is 11.4 Å². The summed E-state index contributed by atoms with van der Waals surface area (Å²) in [6.45, 7) is 47.2. The second-order valence-electron chi connectivity index (χ2n) is 25.5. The third-order valence-electron chi connectivity index (χ3n) is 16.9. The minimum Gasteiger partial charge on any atom is -0.413 e. The number of aliphatic hydroxyl groups is 1. The Kier molecular flexibility index (Phi) is 23.7. The number of rotatable bonds is 28. The lowest BCUT2D eigenvalue weighted by Crippen LogP contribution is -2.55. The van der Waals surface area contributed by atoms with Crippen molar-refractivity contribution in [3.05, 3.63) is 142 Å². The smallest absolute Gasteiger partial charge is 0.192 e. The van der Waals surface area contributed by atoms with Gasteiger partial charge < -0.3 is 23.1 Å². The number of allylic oxidation sites excluding steroid dienone is 1. The third kappa shape index (κ3) is 16.4. The Labute approximate surface area is 457 Å². The highest BCUT2D eigenvalue weighted by atomic mass is 127. The summed E-state index contributed by atoms with van der Waals surface area (Å²) in [6.07, 6.45) is 7.51. The fraction of sp³-hybridized carbons (Fsp3) is 0.597. The van der Waals surface area contributed by atoms with Crippen LogP contribution >= 0.6 is 22.6 Å². The van der Waals surface area contributed by atoms with E-state index in [1.54, 1.807) is 0 Å². The van der Waals surface area contributed by atoms with Crippen molar-refractivity contribution in [2.45, 2.75) is 207 Å². The highest BCUT2D eigenvalue weighted by Crippen LogP contribution is 2.47. The van der Waals surface area contributed by atoms with Crippen molar-refractivity contribution >= 4 is 53.3 Å². The first-order valence-corrected chi connectivity index (χ1v) is 36.8. The number of ketones is 1. The molecular formula is C62H99IO6Si3. The second kappa shape index (κ2) is 26.7. The van der Waals surface area contributed by atoms with Gasteiger partial charge in [0.25, 0.3) is 0 Å². The molecule has 0 aliphatic rings. The van der Waals surface area contributed by atoms with E-state index < -0.39 is 48.0 Å². The Morgan fingerprint density at radius 3 is 1.51 bits per heavy atom. The first-order valence-electron chi connectivity index (χ1n) is 26.8. The van der Waals surface area contributed by atoms with Crippen LogP contribution in [0.25, 0.3) is 0 Å². The van der Waals surface area contributed by atoms with Crippen LogP contribution in [0.2, 0.25) is 54.4 Å². The van der Waals surface area contributed by atoms with Crippen LogP contribution in [0.5, 0.6) is 0 Å². The minimum absolute atomic E-state index is 0.0572. The molecule has 1 N–H and O–H groups in total. The molecule has 0 bridgehead atoms. The number of hydrogen-bond acceptors (Lipinski definition) is 6. The molecule has 0 fully saturated rings. The van der Waals surface area contributed by atoms with Crippen LogP contribution in [0, 0.1) is 17.3 Å². The van der Waals surface area contributed by atoms with Gasteiger partial charge in [-0.3, -0.25) is 4.79 Å². The molecule has 72 heavy (non-hydrogen) atoms. The van der Waals surface area contributed by atoms with Gasteiger partial charge in [0.05, 0.1) is 30.3 Å². The molecule has 3 rings (SSSR count). The fourth-order valence-electron chi connectivity index (χ4n) is 8.97. The van der Waals surface area contributed by atoms with E-state index in [4.69, 9.17) is 18.0 Å². The zero-order chi connectivity index (χ0) is 54.6. The van der Waals surface area contributed by atoms with E-state index in [0.717, 1.165) is 42.4 Å². The quantitative estimate of drug-likeness (QED) is 0.0338. The van der Waals surface area contributed by atoms with Gasteiger partial charge >= 0.3 is 0 Å². The van der Waals surface area contributed by atoms with E-state index >= 15 is 4.79 Å². The molecule has 0 radical (unpaired) electrons. The topological polar surface area (TPSA) is 74.2 Å². The Bertz CT molecular complexity index is 2090. The molecule has 6 nitrogen and oxygen atoms in total. The number of halogens is 1. The number of carbonyl (C=O) groups is 1. The fourth-order valence-corrected chi connectivity index (χ4v) is 13.6. The number of hydrogen-bond donors (Lipinski definition) is 1. The maximum atomic E-state index is 15.5. The molecule has 0 spiro atoms. The van der Waals surface area contributed by atoms with Crippen molar-refractivity contribution in [1.82, 2.24) is 0 Å². The molecule has 0 saturated carbocycles. The molecule has 402 valence electrons. The Morgan fingerprint density at radius 1 is 0.681 bits per heavy atom. The molecule has 0 unspecified atom stereocenters. The summed E-state index contributed by atoms with van der Waals surface area (Å²) in [7, 11) is -6.83. The number of Topliss-reactive ketones (excluding diaryl/α,β-unsaturated/α-hetero) is 1. The molecule has 0 heterocycles. The van der Waals surface area contributed by atoms with Crippen LogP contribution in [-0.2, 0) is 28.4 Å². The second-order valence-corrected chi connectivity index (χ2v) is 40.4.